The zero-order chi connectivity index (χ0) is 15.9. The number of anilines is 1. The third kappa shape index (κ3) is 4.46. The summed E-state index contributed by atoms with van der Waals surface area (Å²) in [5, 5.41) is 6.16. The topological polar surface area (TPSA) is 76.7 Å². The Bertz CT molecular complexity index is 539. The number of nitrogens with one attached hydrogen (secondary N) is 2. The molecule has 0 radical (unpaired) electrons. The zero-order valence-electron chi connectivity index (χ0n) is 13.0. The van der Waals surface area contributed by atoms with Gasteiger partial charge in [0.2, 0.25) is 5.91 Å². The Morgan fingerprint density at radius 1 is 1.36 bits per heavy atom. The molecule has 120 valence electrons. The fraction of sp³-hybridized carbons (Fsp3) is 0.500. The Balaban J connectivity index is 1.94. The van der Waals surface area contributed by atoms with Crippen molar-refractivity contribution in [3.8, 4) is 5.75 Å². The lowest BCUT2D eigenvalue weighted by Crippen LogP contribution is -2.43. The van der Waals surface area contributed by atoms with Crippen LogP contribution in [0.25, 0.3) is 0 Å². The molecule has 6 heteroatoms. The van der Waals surface area contributed by atoms with Crippen molar-refractivity contribution in [1.29, 1.82) is 0 Å². The molecule has 0 aromatic heterocycles. The van der Waals surface area contributed by atoms with E-state index in [1.165, 1.54) is 7.11 Å². The van der Waals surface area contributed by atoms with Crippen LogP contribution in [0.15, 0.2) is 18.2 Å². The molecule has 1 unspecified atom stereocenters. The highest BCUT2D eigenvalue weighted by atomic mass is 16.6. The predicted octanol–water partition coefficient (Wildman–Crippen LogP) is 1.63. The number of aryl methyl sites for hydroxylation is 1. The standard InChI is InChI=1S/C16H22N2O4/c1-11-9-12(22-10-15(19)21-2)6-7-13(11)18-16(20)14-5-3-4-8-17-14/h6-7,9,14,17H,3-5,8,10H2,1-2H3,(H,18,20). The molecule has 1 saturated heterocycles. The van der Waals surface area contributed by atoms with Crippen LogP contribution in [0.5, 0.6) is 5.75 Å². The lowest BCUT2D eigenvalue weighted by molar-refractivity contribution is -0.142. The number of esters is 1. The minimum absolute atomic E-state index is 0.00831. The summed E-state index contributed by atoms with van der Waals surface area (Å²) in [6, 6.07) is 5.17. The number of carbonyl (C=O) groups excluding carboxylic acids is 2. The second-order valence-corrected chi connectivity index (χ2v) is 5.33. The first-order chi connectivity index (χ1) is 10.6. The highest BCUT2D eigenvalue weighted by Gasteiger charge is 2.20. The van der Waals surface area contributed by atoms with Crippen LogP contribution in [-0.4, -0.2) is 38.2 Å². The molecule has 1 aromatic carbocycles. The molecule has 0 aliphatic carbocycles. The first kappa shape index (κ1) is 16.3. The molecule has 0 saturated carbocycles. The van der Waals surface area contributed by atoms with Gasteiger partial charge in [0.1, 0.15) is 5.75 Å². The molecule has 1 amide bonds. The third-order valence-electron chi connectivity index (χ3n) is 3.67. The molecule has 6 nitrogen and oxygen atoms in total. The summed E-state index contributed by atoms with van der Waals surface area (Å²) in [7, 11) is 1.31. The number of piperidine rings is 1. The van der Waals surface area contributed by atoms with E-state index in [2.05, 4.69) is 15.4 Å². The number of hydrogen-bond donors (Lipinski definition) is 2. The van der Waals surface area contributed by atoms with Gasteiger partial charge < -0.3 is 20.1 Å². The van der Waals surface area contributed by atoms with Crippen LogP contribution in [0, 0.1) is 6.92 Å². The predicted molar refractivity (Wildman–Crippen MR) is 83.0 cm³/mol. The molecule has 1 aromatic rings. The molecular formula is C16H22N2O4. The molecule has 1 atom stereocenters. The van der Waals surface area contributed by atoms with Gasteiger partial charge >= 0.3 is 5.97 Å². The second-order valence-electron chi connectivity index (χ2n) is 5.33. The fourth-order valence-electron chi connectivity index (χ4n) is 2.36. The molecule has 1 fully saturated rings. The average molecular weight is 306 g/mol. The third-order valence-corrected chi connectivity index (χ3v) is 3.67. The van der Waals surface area contributed by atoms with Crippen molar-refractivity contribution in [2.45, 2.75) is 32.2 Å². The van der Waals surface area contributed by atoms with Gasteiger partial charge in [0.05, 0.1) is 13.2 Å². The van der Waals surface area contributed by atoms with Crippen LogP contribution in [0.3, 0.4) is 0 Å². The monoisotopic (exact) mass is 306 g/mol. The molecule has 1 aliphatic rings. The van der Waals surface area contributed by atoms with Crippen molar-refractivity contribution in [1.82, 2.24) is 5.32 Å². The van der Waals surface area contributed by atoms with Crippen LogP contribution >= 0.6 is 0 Å². The summed E-state index contributed by atoms with van der Waals surface area (Å²) in [5.41, 5.74) is 1.63. The van der Waals surface area contributed by atoms with Gasteiger partial charge in [-0.15, -0.1) is 0 Å². The normalized spacial score (nSPS) is 17.6. The molecule has 1 aliphatic heterocycles. The quantitative estimate of drug-likeness (QED) is 0.809. The number of ether oxygens (including phenoxy) is 2. The van der Waals surface area contributed by atoms with Crippen molar-refractivity contribution in [3.63, 3.8) is 0 Å². The van der Waals surface area contributed by atoms with Gasteiger partial charge in [-0.25, -0.2) is 4.79 Å². The van der Waals surface area contributed by atoms with E-state index in [1.54, 1.807) is 18.2 Å². The van der Waals surface area contributed by atoms with Crippen LogP contribution in [-0.2, 0) is 14.3 Å². The molecule has 1 heterocycles. The van der Waals surface area contributed by atoms with Gasteiger partial charge in [-0.2, -0.15) is 0 Å². The maximum atomic E-state index is 12.2. The Labute approximate surface area is 130 Å². The molecule has 2 N–H and O–H groups in total. The maximum absolute atomic E-state index is 12.2. The van der Waals surface area contributed by atoms with Crippen LogP contribution < -0.4 is 15.4 Å². The van der Waals surface area contributed by atoms with Crippen molar-refractivity contribution in [2.24, 2.45) is 0 Å². The summed E-state index contributed by atoms with van der Waals surface area (Å²) in [4.78, 5) is 23.2. The first-order valence-corrected chi connectivity index (χ1v) is 7.44. The van der Waals surface area contributed by atoms with Crippen molar-refractivity contribution in [3.05, 3.63) is 23.8 Å². The lowest BCUT2D eigenvalue weighted by Gasteiger charge is -2.23. The largest absolute Gasteiger partial charge is 0.482 e. The summed E-state index contributed by atoms with van der Waals surface area (Å²) in [6.45, 7) is 2.64. The number of amides is 1. The van der Waals surface area contributed by atoms with Crippen molar-refractivity contribution in [2.75, 3.05) is 25.6 Å². The number of hydrogen-bond acceptors (Lipinski definition) is 5. The first-order valence-electron chi connectivity index (χ1n) is 7.44. The van der Waals surface area contributed by atoms with E-state index in [-0.39, 0.29) is 18.6 Å². The van der Waals surface area contributed by atoms with Gasteiger partial charge in [0, 0.05) is 5.69 Å². The zero-order valence-corrected chi connectivity index (χ0v) is 13.0. The van der Waals surface area contributed by atoms with E-state index in [1.807, 2.05) is 6.92 Å². The van der Waals surface area contributed by atoms with E-state index in [9.17, 15) is 9.59 Å². The van der Waals surface area contributed by atoms with Crippen LogP contribution in [0.1, 0.15) is 24.8 Å². The number of carbonyl (C=O) groups is 2. The summed E-state index contributed by atoms with van der Waals surface area (Å²) in [5.74, 6) is 0.126. The highest BCUT2D eigenvalue weighted by molar-refractivity contribution is 5.95. The number of benzene rings is 1. The van der Waals surface area contributed by atoms with Crippen molar-refractivity contribution >= 4 is 17.6 Å². The van der Waals surface area contributed by atoms with E-state index < -0.39 is 5.97 Å². The van der Waals surface area contributed by atoms with Gasteiger partial charge in [0.25, 0.3) is 0 Å². The smallest absolute Gasteiger partial charge is 0.343 e. The summed E-state index contributed by atoms with van der Waals surface area (Å²) < 4.78 is 9.83. The summed E-state index contributed by atoms with van der Waals surface area (Å²) >= 11 is 0. The fourth-order valence-corrected chi connectivity index (χ4v) is 2.36. The molecule has 0 spiro atoms. The van der Waals surface area contributed by atoms with E-state index in [0.717, 1.165) is 37.1 Å². The van der Waals surface area contributed by atoms with Gasteiger partial charge in [0.15, 0.2) is 6.61 Å². The average Bonchev–Trinajstić information content (AvgIpc) is 2.55. The van der Waals surface area contributed by atoms with Gasteiger partial charge in [-0.3, -0.25) is 4.79 Å². The minimum atomic E-state index is -0.432. The summed E-state index contributed by atoms with van der Waals surface area (Å²) in [6.07, 6.45) is 3.06. The van der Waals surface area contributed by atoms with Crippen LogP contribution in [0.4, 0.5) is 5.69 Å². The second kappa shape index (κ2) is 7.79. The van der Waals surface area contributed by atoms with Gasteiger partial charge in [-0.1, -0.05) is 6.42 Å². The molecule has 22 heavy (non-hydrogen) atoms. The molecule has 2 rings (SSSR count). The van der Waals surface area contributed by atoms with E-state index in [0.29, 0.717) is 5.75 Å². The lowest BCUT2D eigenvalue weighted by atomic mass is 10.0. The molecular weight excluding hydrogens is 284 g/mol. The highest BCUT2D eigenvalue weighted by Crippen LogP contribution is 2.22. The van der Waals surface area contributed by atoms with Gasteiger partial charge in [-0.05, 0) is 50.1 Å². The Kier molecular flexibility index (Phi) is 5.77. The van der Waals surface area contributed by atoms with Crippen molar-refractivity contribution < 1.29 is 19.1 Å². The Morgan fingerprint density at radius 2 is 2.18 bits per heavy atom. The Hall–Kier alpha value is -2.08. The minimum Gasteiger partial charge on any atom is -0.482 e. The number of rotatable bonds is 5. The van der Waals surface area contributed by atoms with E-state index >= 15 is 0 Å². The van der Waals surface area contributed by atoms with Crippen LogP contribution in [0.2, 0.25) is 0 Å². The molecule has 0 bridgehead atoms. The maximum Gasteiger partial charge on any atom is 0.343 e. The number of methoxy groups -OCH3 is 1. The van der Waals surface area contributed by atoms with E-state index in [4.69, 9.17) is 4.74 Å². The SMILES string of the molecule is COC(=O)COc1ccc(NC(=O)C2CCCCN2)c(C)c1. The Morgan fingerprint density at radius 3 is 2.82 bits per heavy atom.